The fourth-order valence-electron chi connectivity index (χ4n) is 14.3. The van der Waals surface area contributed by atoms with Crippen LogP contribution in [0.5, 0.6) is 0 Å². The maximum atomic E-state index is 15.0. The summed E-state index contributed by atoms with van der Waals surface area (Å²) in [6, 6.07) is 32.4. The molecule has 0 unspecified atom stereocenters. The number of thiocarbonyl (C=S) groups is 1. The Morgan fingerprint density at radius 1 is 0.528 bits per heavy atom. The minimum Gasteiger partial charge on any atom is -0.396 e. The van der Waals surface area contributed by atoms with Gasteiger partial charge in [-0.1, -0.05) is 151 Å². The Bertz CT molecular complexity index is 4470. The molecule has 6 aromatic carbocycles. The van der Waals surface area contributed by atoms with Crippen LogP contribution in [0.1, 0.15) is 78.1 Å². The van der Waals surface area contributed by atoms with Gasteiger partial charge in [0, 0.05) is 86.4 Å². The Labute approximate surface area is 624 Å². The molecule has 7 aliphatic rings. The van der Waals surface area contributed by atoms with Crippen molar-refractivity contribution in [2.45, 2.75) is 112 Å². The van der Waals surface area contributed by atoms with Gasteiger partial charge in [-0.05, 0) is 49.9 Å². The molecule has 0 aliphatic carbocycles. The van der Waals surface area contributed by atoms with E-state index in [1.165, 1.54) is 44.2 Å². The van der Waals surface area contributed by atoms with Crippen LogP contribution in [0.25, 0.3) is 0 Å². The molecule has 12 atom stereocenters. The maximum absolute atomic E-state index is 15.0. The third-order valence-corrected chi connectivity index (χ3v) is 22.8. The number of carbonyl (C=O) groups is 2. The van der Waals surface area contributed by atoms with E-state index in [1.54, 1.807) is 98.8 Å². The summed E-state index contributed by atoms with van der Waals surface area (Å²) in [6.07, 6.45) is -27.3. The molecule has 4 fully saturated rings. The fraction of sp³-hybridized carbons (Fsp3) is 0.417. The van der Waals surface area contributed by atoms with E-state index >= 15 is 8.78 Å². The molecule has 6 N–H and O–H groups in total. The number of nitrogens with one attached hydrogen (secondary N) is 1. The summed E-state index contributed by atoms with van der Waals surface area (Å²) in [5.74, 6) is -8.07. The number of alkyl halides is 12. The van der Waals surface area contributed by atoms with Crippen molar-refractivity contribution in [1.82, 2.24) is 5.32 Å². The summed E-state index contributed by atoms with van der Waals surface area (Å²) < 4.78 is 240. The Balaban J connectivity index is 0.000000155. The van der Waals surface area contributed by atoms with Gasteiger partial charge in [-0.25, -0.2) is 27.5 Å². The van der Waals surface area contributed by atoms with E-state index in [2.05, 4.69) is 20.3 Å². The molecule has 0 saturated carbocycles. The smallest absolute Gasteiger partial charge is 0.396 e. The molecule has 7 heterocycles. The van der Waals surface area contributed by atoms with Gasteiger partial charge < -0.3 is 40.8 Å². The van der Waals surface area contributed by atoms with Crippen LogP contribution in [-0.4, -0.2) is 141 Å². The van der Waals surface area contributed by atoms with Crippen molar-refractivity contribution in [3.8, 4) is 0 Å². The number of non-ortho nitro benzene ring substituents is 1. The Morgan fingerprint density at radius 3 is 1.33 bits per heavy atom. The molecule has 36 heteroatoms. The average Bonchev–Trinajstić information content (AvgIpc) is 1.57. The monoisotopic (exact) mass is 1610 g/mol. The minimum atomic E-state index is -4.78. The third-order valence-electron chi connectivity index (χ3n) is 19.6. The van der Waals surface area contributed by atoms with Gasteiger partial charge in [-0.2, -0.15) is 52.7 Å². The molecule has 0 bridgehead atoms. The van der Waals surface area contributed by atoms with Crippen molar-refractivity contribution in [3.63, 3.8) is 0 Å². The van der Waals surface area contributed by atoms with Gasteiger partial charge in [0.1, 0.15) is 39.9 Å². The minimum absolute atomic E-state index is 0.00812. The number of thioether (sulfide) groups is 3. The molecule has 0 amide bonds. The van der Waals surface area contributed by atoms with Crippen molar-refractivity contribution in [2.75, 3.05) is 50.3 Å². The highest BCUT2D eigenvalue weighted by atomic mass is 32.2. The van der Waals surface area contributed by atoms with Crippen LogP contribution in [0.4, 0.5) is 75.9 Å². The Morgan fingerprint density at radius 2 is 0.907 bits per heavy atom. The number of aliphatic hydroxyl groups is 1. The zero-order valence-electron chi connectivity index (χ0n) is 57.2. The zero-order valence-corrected chi connectivity index (χ0v) is 60.4. The lowest BCUT2D eigenvalue weighted by molar-refractivity contribution is -0.385. The lowest BCUT2D eigenvalue weighted by atomic mass is 9.77. The predicted molar refractivity (Wildman–Crippen MR) is 377 cm³/mol. The van der Waals surface area contributed by atoms with Gasteiger partial charge in [0.2, 0.25) is 0 Å². The number of nitro benzene ring substituents is 1. The molecule has 6 aromatic rings. The summed E-state index contributed by atoms with van der Waals surface area (Å²) in [7, 11) is 0. The van der Waals surface area contributed by atoms with Crippen LogP contribution in [0, 0.1) is 84.7 Å². The summed E-state index contributed by atoms with van der Waals surface area (Å²) in [5.41, 5.74) is 6.04. The Hall–Kier alpha value is -7.71. The molecule has 7 aliphatic heterocycles. The number of aliphatic imine (C=N–C) groups is 3. The van der Waals surface area contributed by atoms with E-state index in [-0.39, 0.29) is 104 Å². The van der Waals surface area contributed by atoms with E-state index in [0.29, 0.717) is 27.3 Å². The van der Waals surface area contributed by atoms with Gasteiger partial charge in [-0.3, -0.25) is 24.7 Å². The van der Waals surface area contributed by atoms with Gasteiger partial charge in [-0.15, -0.1) is 11.8 Å². The normalized spacial score (nSPS) is 27.3. The molecule has 0 spiro atoms. The number of amidine groups is 2. The first-order valence-electron chi connectivity index (χ1n) is 32.8. The third kappa shape index (κ3) is 16.8. The standard InChI is InChI=1S/C22H21F4NO3S.C22H19F4NO2S.C14H13F4N3O3S.C14H14F4N2OS/c1-13-6-5-9-15(19(13)23)21(12-30-20(16(21)11-28)22(24,25)26)27-18(31)10-17(29)14-7-3-2-4-8-14;1-13-6-5-9-15(19(13)23)21-12-29-20(22(24,25)26)16(21)11-30-18(27-21)10-17(28)14-7-3-2-4-8-14;1-6-2-7(21(22)23)3-8(10(6)15)13-5-24-11(14(16,17)18)9(13)4-25-12(19)20-13;1-7-3-2-4-8(10(7)15)13-6-21-11(14(16,17)18)9(13)5-22-12(19)20-13/h2-9,16,20,28H,10-12H2,1H3,(H,27,31);2-9,16,20H,10-12H2,1H3;2-3,9,11H,4-5H2,1H3,(H2,19,20);2-4,9,11H,5-6H2,1H3,(H2,19,20)/t2*16-,20+,21-;2*9-,11+,13-/m1111/s1. The molecule has 0 radical (unpaired) electrons. The molecule has 13 rings (SSSR count). The van der Waals surface area contributed by atoms with E-state index in [9.17, 15) is 86.3 Å². The molecular formula is C72H67F16N7O9S4. The Kier molecular flexibility index (Phi) is 24.8. The highest BCUT2D eigenvalue weighted by molar-refractivity contribution is 8.14. The number of ketones is 2. The number of benzene rings is 6. The fourth-order valence-corrected chi connectivity index (χ4v) is 18.0. The highest BCUT2D eigenvalue weighted by Crippen LogP contribution is 2.56. The first kappa shape index (κ1) is 82.8. The largest absolute Gasteiger partial charge is 0.415 e. The van der Waals surface area contributed by atoms with E-state index in [0.717, 1.165) is 47.4 Å². The van der Waals surface area contributed by atoms with Crippen LogP contribution in [0.2, 0.25) is 0 Å². The number of aliphatic hydroxyl groups excluding tert-OH is 1. The second-order valence-corrected chi connectivity index (χ2v) is 30.1. The number of Topliss-reactive ketones (excluding diaryl/α,β-unsaturated/α-hetero) is 2. The first-order chi connectivity index (χ1) is 50.6. The number of nitro groups is 1. The van der Waals surface area contributed by atoms with Crippen molar-refractivity contribution >= 4 is 85.1 Å². The molecule has 16 nitrogen and oxygen atoms in total. The lowest BCUT2D eigenvalue weighted by Crippen LogP contribution is -2.55. The van der Waals surface area contributed by atoms with Crippen LogP contribution in [-0.2, 0) is 41.1 Å². The molecule has 4 saturated heterocycles. The summed E-state index contributed by atoms with van der Waals surface area (Å²) in [5, 5.41) is 24.3. The van der Waals surface area contributed by atoms with Gasteiger partial charge >= 0.3 is 24.7 Å². The van der Waals surface area contributed by atoms with Gasteiger partial charge in [0.15, 0.2) is 46.3 Å². The summed E-state index contributed by atoms with van der Waals surface area (Å²) >= 11 is 8.35. The first-order valence-corrected chi connectivity index (χ1v) is 36.2. The topological polar surface area (TPSA) is 236 Å². The predicted octanol–water partition coefficient (Wildman–Crippen LogP) is 15.3. The number of nitrogens with two attached hydrogens (primary N) is 2. The number of ether oxygens (including phenoxy) is 4. The van der Waals surface area contributed by atoms with Crippen molar-refractivity contribution < 1.29 is 109 Å². The number of hydrogen-bond acceptors (Lipinski definition) is 18. The lowest BCUT2D eigenvalue weighted by Gasteiger charge is -2.37. The number of halogens is 16. The molecular weight excluding hydrogens is 1540 g/mol. The second-order valence-electron chi connectivity index (χ2n) is 26.5. The molecule has 580 valence electrons. The number of hydrogen-bond donors (Lipinski definition) is 4. The number of rotatable bonds is 13. The summed E-state index contributed by atoms with van der Waals surface area (Å²) in [6.45, 7) is 3.13. The van der Waals surface area contributed by atoms with E-state index in [1.807, 2.05) is 0 Å². The number of fused-ring (bicyclic) bond motifs is 3. The van der Waals surface area contributed by atoms with Crippen LogP contribution in [0.3, 0.4) is 0 Å². The van der Waals surface area contributed by atoms with E-state index < -0.39 is 149 Å². The average molecular weight is 1610 g/mol. The maximum Gasteiger partial charge on any atom is 0.415 e. The number of aryl methyl sites for hydroxylation is 4. The molecule has 0 aromatic heterocycles. The van der Waals surface area contributed by atoms with Crippen LogP contribution < -0.4 is 16.8 Å². The van der Waals surface area contributed by atoms with Gasteiger partial charge in [0.05, 0.1) is 66.4 Å². The van der Waals surface area contributed by atoms with Gasteiger partial charge in [0.25, 0.3) is 5.69 Å². The van der Waals surface area contributed by atoms with Crippen molar-refractivity contribution in [3.05, 3.63) is 216 Å². The zero-order chi connectivity index (χ0) is 79.0. The molecule has 108 heavy (non-hydrogen) atoms. The number of nitrogens with zero attached hydrogens (tertiary/aromatic N) is 4. The second kappa shape index (κ2) is 32.3. The quantitative estimate of drug-likeness (QED) is 0.0277. The van der Waals surface area contributed by atoms with E-state index in [4.69, 9.17) is 42.6 Å². The SMILES string of the molecule is Cc1cc([N+](=O)[O-])cc([C@]23CO[C@H](C(F)(F)F)[C@H]2CSC(N)=N3)c1F.Cc1cccc([C@]2(NC(=S)CC(=O)c3ccccc3)CO[C@H](C(F)(F)F)[C@H]2CO)c1F.Cc1cccc([C@]23CO[C@H](C(F)(F)F)[C@H]2CSC(CC(=O)c2ccccc2)=N3)c1F.Cc1cccc([C@]23CO[C@H](C(F)(F)F)[C@H]2CSC(N)=N3)c1F. The van der Waals surface area contributed by atoms with Crippen LogP contribution in [0.15, 0.2) is 142 Å². The van der Waals surface area contributed by atoms with Crippen molar-refractivity contribution in [2.24, 2.45) is 50.1 Å². The number of carbonyl (C=O) groups excluding carboxylic acids is 2. The van der Waals surface area contributed by atoms with Crippen molar-refractivity contribution in [1.29, 1.82) is 0 Å². The highest BCUT2D eigenvalue weighted by Gasteiger charge is 2.66. The van der Waals surface area contributed by atoms with Crippen LogP contribution >= 0.6 is 47.5 Å². The summed E-state index contributed by atoms with van der Waals surface area (Å²) in [4.78, 5) is 48.3.